The van der Waals surface area contributed by atoms with Crippen molar-refractivity contribution in [3.8, 4) is 22.9 Å². The van der Waals surface area contributed by atoms with E-state index in [1.54, 1.807) is 0 Å². The second-order valence-electron chi connectivity index (χ2n) is 6.65. The molecular formula is C22H15BrClN3O. The number of fused-ring (bicyclic) bond motifs is 2. The van der Waals surface area contributed by atoms with Gasteiger partial charge in [-0.25, -0.2) is 0 Å². The molecule has 0 unspecified atom stereocenters. The molecule has 0 radical (unpaired) electrons. The molecule has 1 N–H and O–H groups in total. The van der Waals surface area contributed by atoms with Crippen LogP contribution in [0.4, 0.5) is 0 Å². The first-order chi connectivity index (χ1) is 13.6. The maximum absolute atomic E-state index is 6.58. The number of aromatic nitrogens is 3. The lowest BCUT2D eigenvalue weighted by atomic mass is 10.0. The summed E-state index contributed by atoms with van der Waals surface area (Å²) in [6.07, 6.45) is 2.05. The highest BCUT2D eigenvalue weighted by atomic mass is 79.9. The van der Waals surface area contributed by atoms with Gasteiger partial charge in [0.25, 0.3) is 6.01 Å². The van der Waals surface area contributed by atoms with E-state index in [0.29, 0.717) is 16.8 Å². The van der Waals surface area contributed by atoms with Gasteiger partial charge in [-0.2, -0.15) is 4.98 Å². The molecule has 0 amide bonds. The van der Waals surface area contributed by atoms with Gasteiger partial charge in [0.1, 0.15) is 5.75 Å². The van der Waals surface area contributed by atoms with Crippen LogP contribution in [-0.2, 0) is 7.05 Å². The molecule has 2 heterocycles. The van der Waals surface area contributed by atoms with Crippen molar-refractivity contribution in [2.75, 3.05) is 0 Å². The average molecular weight is 453 g/mol. The average Bonchev–Trinajstić information content (AvgIpc) is 3.23. The third-order valence-electron chi connectivity index (χ3n) is 4.76. The number of rotatable bonds is 3. The van der Waals surface area contributed by atoms with Crippen LogP contribution in [0, 0.1) is 0 Å². The minimum absolute atomic E-state index is 0.430. The number of halogens is 2. The summed E-state index contributed by atoms with van der Waals surface area (Å²) in [6, 6.07) is 20.4. The van der Waals surface area contributed by atoms with Gasteiger partial charge in [0.05, 0.1) is 16.1 Å². The van der Waals surface area contributed by atoms with E-state index in [-0.39, 0.29) is 0 Å². The molecule has 0 spiro atoms. The van der Waals surface area contributed by atoms with Gasteiger partial charge in [-0.3, -0.25) is 0 Å². The van der Waals surface area contributed by atoms with Crippen molar-refractivity contribution in [3.05, 3.63) is 76.4 Å². The number of hydrogen-bond donors (Lipinski definition) is 1. The Balaban J connectivity index is 1.55. The zero-order chi connectivity index (χ0) is 19.3. The molecule has 0 aliphatic heterocycles. The monoisotopic (exact) mass is 451 g/mol. The SMILES string of the molecule is Cn1ccc2cc(-c3cc4nc(Oc5cccc(Br)c5)[nH]c4cc3Cl)ccc21. The zero-order valence-corrected chi connectivity index (χ0v) is 17.3. The number of hydrogen-bond acceptors (Lipinski definition) is 2. The van der Waals surface area contributed by atoms with Gasteiger partial charge in [-0.1, -0.05) is 39.7 Å². The number of benzene rings is 3. The second kappa shape index (κ2) is 6.69. The molecule has 0 aliphatic rings. The van der Waals surface area contributed by atoms with Gasteiger partial charge in [0, 0.05) is 34.2 Å². The lowest BCUT2D eigenvalue weighted by molar-refractivity contribution is 0.449. The molecule has 5 rings (SSSR count). The third kappa shape index (κ3) is 3.07. The molecule has 0 saturated carbocycles. The van der Waals surface area contributed by atoms with Gasteiger partial charge < -0.3 is 14.3 Å². The fourth-order valence-corrected chi connectivity index (χ4v) is 4.02. The minimum atomic E-state index is 0.430. The first kappa shape index (κ1) is 17.3. The first-order valence-electron chi connectivity index (χ1n) is 8.75. The van der Waals surface area contributed by atoms with E-state index in [4.69, 9.17) is 16.3 Å². The van der Waals surface area contributed by atoms with Crippen molar-refractivity contribution in [1.29, 1.82) is 0 Å². The van der Waals surface area contributed by atoms with E-state index in [0.717, 1.165) is 26.6 Å². The maximum Gasteiger partial charge on any atom is 0.300 e. The predicted octanol–water partition coefficient (Wildman–Crippen LogP) is 6.93. The Labute approximate surface area is 174 Å². The van der Waals surface area contributed by atoms with Crippen molar-refractivity contribution < 1.29 is 4.74 Å². The standard InChI is InChI=1S/C22H15BrClN3O/c1-27-8-7-14-9-13(5-6-21(14)27)17-11-19-20(12-18(17)24)26-22(25-19)28-16-4-2-3-15(23)10-16/h2-12H,1H3,(H,25,26). The van der Waals surface area contributed by atoms with Crippen LogP contribution in [0.15, 0.2) is 71.3 Å². The molecule has 0 atom stereocenters. The van der Waals surface area contributed by atoms with Gasteiger partial charge in [-0.05, 0) is 54.1 Å². The van der Waals surface area contributed by atoms with Crippen molar-refractivity contribution in [1.82, 2.24) is 14.5 Å². The molecule has 28 heavy (non-hydrogen) atoms. The summed E-state index contributed by atoms with van der Waals surface area (Å²) in [5.74, 6) is 0.703. The van der Waals surface area contributed by atoms with Crippen molar-refractivity contribution in [3.63, 3.8) is 0 Å². The summed E-state index contributed by atoms with van der Waals surface area (Å²) < 4.78 is 8.89. The summed E-state index contributed by atoms with van der Waals surface area (Å²) >= 11 is 10.0. The molecule has 0 aliphatic carbocycles. The minimum Gasteiger partial charge on any atom is -0.426 e. The Morgan fingerprint density at radius 2 is 1.96 bits per heavy atom. The lowest BCUT2D eigenvalue weighted by Crippen LogP contribution is -1.85. The smallest absolute Gasteiger partial charge is 0.300 e. The largest absolute Gasteiger partial charge is 0.426 e. The summed E-state index contributed by atoms with van der Waals surface area (Å²) in [5, 5.41) is 1.84. The number of aromatic amines is 1. The Morgan fingerprint density at radius 1 is 1.07 bits per heavy atom. The number of H-pyrrole nitrogens is 1. The summed E-state index contributed by atoms with van der Waals surface area (Å²) in [6.45, 7) is 0. The van der Waals surface area contributed by atoms with Crippen LogP contribution < -0.4 is 4.74 Å². The topological polar surface area (TPSA) is 42.8 Å². The molecule has 2 aromatic heterocycles. The molecule has 5 aromatic rings. The van der Waals surface area contributed by atoms with Gasteiger partial charge in [0.2, 0.25) is 0 Å². The van der Waals surface area contributed by atoms with E-state index in [2.05, 4.69) is 60.9 Å². The molecule has 138 valence electrons. The van der Waals surface area contributed by atoms with Crippen LogP contribution in [0.25, 0.3) is 33.1 Å². The summed E-state index contributed by atoms with van der Waals surface area (Å²) in [4.78, 5) is 7.76. The number of aryl methyl sites for hydroxylation is 1. The van der Waals surface area contributed by atoms with Crippen LogP contribution in [0.3, 0.4) is 0 Å². The zero-order valence-electron chi connectivity index (χ0n) is 14.9. The van der Waals surface area contributed by atoms with Crippen LogP contribution >= 0.6 is 27.5 Å². The van der Waals surface area contributed by atoms with Crippen LogP contribution in [0.1, 0.15) is 0 Å². The third-order valence-corrected chi connectivity index (χ3v) is 5.56. The molecular weight excluding hydrogens is 438 g/mol. The van der Waals surface area contributed by atoms with Gasteiger partial charge in [0.15, 0.2) is 0 Å². The number of nitrogens with zero attached hydrogens (tertiary/aromatic N) is 2. The number of ether oxygens (including phenoxy) is 1. The molecule has 4 nitrogen and oxygen atoms in total. The van der Waals surface area contributed by atoms with Gasteiger partial charge >= 0.3 is 0 Å². The van der Waals surface area contributed by atoms with Crippen LogP contribution in [0.2, 0.25) is 5.02 Å². The molecule has 0 bridgehead atoms. The van der Waals surface area contributed by atoms with E-state index >= 15 is 0 Å². The second-order valence-corrected chi connectivity index (χ2v) is 7.97. The lowest BCUT2D eigenvalue weighted by Gasteiger charge is -2.06. The maximum atomic E-state index is 6.58. The molecule has 0 fully saturated rings. The Kier molecular flexibility index (Phi) is 4.14. The molecule has 6 heteroatoms. The normalized spacial score (nSPS) is 11.4. The highest BCUT2D eigenvalue weighted by Crippen LogP contribution is 2.34. The molecule has 0 saturated heterocycles. The van der Waals surface area contributed by atoms with E-state index in [9.17, 15) is 0 Å². The highest BCUT2D eigenvalue weighted by Gasteiger charge is 2.12. The number of imidazole rings is 1. The van der Waals surface area contributed by atoms with E-state index in [1.165, 1.54) is 10.9 Å². The Morgan fingerprint density at radius 3 is 2.82 bits per heavy atom. The summed E-state index contributed by atoms with van der Waals surface area (Å²) in [7, 11) is 2.04. The van der Waals surface area contributed by atoms with Crippen molar-refractivity contribution in [2.24, 2.45) is 7.05 Å². The fraction of sp³-hybridized carbons (Fsp3) is 0.0455. The quantitative estimate of drug-likeness (QED) is 0.322. The Bertz CT molecular complexity index is 1340. The van der Waals surface area contributed by atoms with Crippen molar-refractivity contribution in [2.45, 2.75) is 0 Å². The Hall–Kier alpha value is -2.76. The van der Waals surface area contributed by atoms with E-state index in [1.807, 2.05) is 43.4 Å². The highest BCUT2D eigenvalue weighted by molar-refractivity contribution is 9.10. The number of nitrogens with one attached hydrogen (secondary N) is 1. The van der Waals surface area contributed by atoms with Crippen LogP contribution in [0.5, 0.6) is 11.8 Å². The summed E-state index contributed by atoms with van der Waals surface area (Å²) in [5.41, 5.74) is 4.83. The molecule has 3 aromatic carbocycles. The predicted molar refractivity (Wildman–Crippen MR) is 117 cm³/mol. The fourth-order valence-electron chi connectivity index (χ4n) is 3.37. The first-order valence-corrected chi connectivity index (χ1v) is 9.92. The van der Waals surface area contributed by atoms with E-state index < -0.39 is 0 Å². The van der Waals surface area contributed by atoms with Gasteiger partial charge in [-0.15, -0.1) is 0 Å². The van der Waals surface area contributed by atoms with Crippen molar-refractivity contribution >= 4 is 49.5 Å². The van der Waals surface area contributed by atoms with Crippen LogP contribution in [-0.4, -0.2) is 14.5 Å².